The molecular formula is C29H31Cl2N5O3S. The number of halogens is 2. The molecule has 0 atom stereocenters. The number of piperidine rings is 1. The van der Waals surface area contributed by atoms with Gasteiger partial charge >= 0.3 is 0 Å². The van der Waals surface area contributed by atoms with Gasteiger partial charge in [-0.15, -0.1) is 0 Å². The summed E-state index contributed by atoms with van der Waals surface area (Å²) >= 11 is 14.0. The highest BCUT2D eigenvalue weighted by molar-refractivity contribution is 7.98. The van der Waals surface area contributed by atoms with Crippen molar-refractivity contribution >= 4 is 52.4 Å². The first-order valence-electron chi connectivity index (χ1n) is 13.6. The van der Waals surface area contributed by atoms with E-state index in [1.54, 1.807) is 0 Å². The van der Waals surface area contributed by atoms with E-state index >= 15 is 0 Å². The molecule has 3 aromatic rings. The highest BCUT2D eigenvalue weighted by atomic mass is 35.5. The van der Waals surface area contributed by atoms with Gasteiger partial charge < -0.3 is 24.2 Å². The van der Waals surface area contributed by atoms with Crippen LogP contribution >= 0.6 is 35.0 Å². The number of thioether (sulfide) groups is 1. The lowest BCUT2D eigenvalue weighted by Crippen LogP contribution is -2.47. The fourth-order valence-electron chi connectivity index (χ4n) is 5.37. The predicted octanol–water partition coefficient (Wildman–Crippen LogP) is 5.38. The number of hydrogen-bond acceptors (Lipinski definition) is 8. The van der Waals surface area contributed by atoms with E-state index in [0.29, 0.717) is 60.8 Å². The zero-order chi connectivity index (χ0) is 27.5. The number of anilines is 2. The Morgan fingerprint density at radius 3 is 2.17 bits per heavy atom. The second-order valence-electron chi connectivity index (χ2n) is 10.2. The van der Waals surface area contributed by atoms with Crippen molar-refractivity contribution in [1.29, 1.82) is 0 Å². The average Bonchev–Trinajstić information content (AvgIpc) is 3.44. The quantitative estimate of drug-likeness (QED) is 0.212. The van der Waals surface area contributed by atoms with Crippen molar-refractivity contribution < 1.29 is 14.3 Å². The van der Waals surface area contributed by atoms with Crippen LogP contribution in [0.5, 0.6) is 0 Å². The molecule has 1 amide bonds. The molecule has 4 heterocycles. The average molecular weight is 601 g/mol. The SMILES string of the molecule is O=C(c1ccc(CSc2nc(Cl)cc(N3CCN(c4ccc(Cl)cc4)CC3)n2)cc1)N1CCC2(CC1)OCCO2. The van der Waals surface area contributed by atoms with E-state index in [1.165, 1.54) is 17.4 Å². The van der Waals surface area contributed by atoms with Crippen molar-refractivity contribution in [3.05, 3.63) is 75.9 Å². The lowest BCUT2D eigenvalue weighted by atomic mass is 10.0. The summed E-state index contributed by atoms with van der Waals surface area (Å²) in [7, 11) is 0. The zero-order valence-corrected chi connectivity index (χ0v) is 24.4. The third-order valence-corrected chi connectivity index (χ3v) is 9.02. The maximum absolute atomic E-state index is 13.0. The number of carbonyl (C=O) groups excluding carboxylic acids is 1. The number of hydrogen-bond donors (Lipinski definition) is 0. The van der Waals surface area contributed by atoms with E-state index in [9.17, 15) is 4.79 Å². The van der Waals surface area contributed by atoms with E-state index < -0.39 is 5.79 Å². The fraction of sp³-hybridized carbons (Fsp3) is 0.414. The molecule has 3 saturated heterocycles. The summed E-state index contributed by atoms with van der Waals surface area (Å²) in [4.78, 5) is 28.7. The number of benzene rings is 2. The third kappa shape index (κ3) is 6.34. The Balaban J connectivity index is 1.02. The van der Waals surface area contributed by atoms with Crippen molar-refractivity contribution in [3.63, 3.8) is 0 Å². The maximum Gasteiger partial charge on any atom is 0.253 e. The van der Waals surface area contributed by atoms with Crippen LogP contribution < -0.4 is 9.80 Å². The first-order chi connectivity index (χ1) is 19.5. The second-order valence-corrected chi connectivity index (χ2v) is 11.9. The number of piperazine rings is 1. The van der Waals surface area contributed by atoms with Crippen molar-refractivity contribution in [2.24, 2.45) is 0 Å². The van der Waals surface area contributed by atoms with Crippen molar-refractivity contribution in [2.75, 3.05) is 62.3 Å². The molecule has 210 valence electrons. The minimum atomic E-state index is -0.480. The van der Waals surface area contributed by atoms with Gasteiger partial charge in [-0.25, -0.2) is 9.97 Å². The van der Waals surface area contributed by atoms with E-state index in [4.69, 9.17) is 37.7 Å². The Morgan fingerprint density at radius 1 is 0.850 bits per heavy atom. The number of amides is 1. The van der Waals surface area contributed by atoms with Crippen LogP contribution in [0.2, 0.25) is 10.2 Å². The lowest BCUT2D eigenvalue weighted by Gasteiger charge is -2.37. The first-order valence-corrected chi connectivity index (χ1v) is 15.3. The van der Waals surface area contributed by atoms with Crippen molar-refractivity contribution in [1.82, 2.24) is 14.9 Å². The van der Waals surface area contributed by atoms with Gasteiger partial charge in [-0.2, -0.15) is 0 Å². The molecule has 1 aromatic heterocycles. The molecule has 11 heteroatoms. The summed E-state index contributed by atoms with van der Waals surface area (Å²) < 4.78 is 11.6. The minimum absolute atomic E-state index is 0.0472. The third-order valence-electron chi connectivity index (χ3n) is 7.65. The van der Waals surface area contributed by atoms with Crippen LogP contribution in [-0.2, 0) is 15.2 Å². The number of aromatic nitrogens is 2. The van der Waals surface area contributed by atoms with Gasteiger partial charge in [-0.3, -0.25) is 4.79 Å². The van der Waals surface area contributed by atoms with Gasteiger partial charge in [0, 0.05) is 80.2 Å². The summed E-state index contributed by atoms with van der Waals surface area (Å²) in [5.74, 6) is 1.09. The monoisotopic (exact) mass is 599 g/mol. The highest BCUT2D eigenvalue weighted by Crippen LogP contribution is 2.32. The van der Waals surface area contributed by atoms with E-state index in [2.05, 4.69) is 26.9 Å². The number of rotatable bonds is 6. The molecule has 0 bridgehead atoms. The Bertz CT molecular complexity index is 1320. The molecule has 0 radical (unpaired) electrons. The molecule has 0 N–H and O–H groups in total. The van der Waals surface area contributed by atoms with Crippen molar-refractivity contribution in [2.45, 2.75) is 29.5 Å². The Labute approximate surface area is 248 Å². The Kier molecular flexibility index (Phi) is 8.37. The molecule has 1 spiro atoms. The van der Waals surface area contributed by atoms with Crippen LogP contribution in [0.15, 0.2) is 59.8 Å². The minimum Gasteiger partial charge on any atom is -0.368 e. The fourth-order valence-corrected chi connectivity index (χ4v) is 6.53. The van der Waals surface area contributed by atoms with Crippen LogP contribution in [0.25, 0.3) is 0 Å². The molecule has 8 nitrogen and oxygen atoms in total. The number of ether oxygens (including phenoxy) is 2. The number of likely N-dealkylation sites (tertiary alicyclic amines) is 1. The molecule has 2 aromatic carbocycles. The van der Waals surface area contributed by atoms with Gasteiger partial charge in [0.2, 0.25) is 0 Å². The second kappa shape index (κ2) is 12.1. The van der Waals surface area contributed by atoms with Gasteiger partial charge in [0.05, 0.1) is 13.2 Å². The van der Waals surface area contributed by atoms with Gasteiger partial charge in [-0.05, 0) is 42.0 Å². The number of nitrogens with zero attached hydrogens (tertiary/aromatic N) is 5. The molecule has 0 unspecified atom stereocenters. The van der Waals surface area contributed by atoms with Crippen LogP contribution in [0.1, 0.15) is 28.8 Å². The summed E-state index contributed by atoms with van der Waals surface area (Å²) in [5, 5.41) is 1.82. The molecule has 3 fully saturated rings. The van der Waals surface area contributed by atoms with E-state index in [-0.39, 0.29) is 5.91 Å². The topological polar surface area (TPSA) is 71.0 Å². The standard InChI is InChI=1S/C29H31Cl2N5O3S/c30-23-5-7-24(8-6-23)34-13-15-35(16-14-34)26-19-25(31)32-28(33-26)40-20-21-1-3-22(4-2-21)27(37)36-11-9-29(10-12-36)38-17-18-39-29/h1-8,19H,9-18,20H2. The molecule has 3 aliphatic heterocycles. The van der Waals surface area contributed by atoms with E-state index in [0.717, 1.165) is 42.6 Å². The lowest BCUT2D eigenvalue weighted by molar-refractivity contribution is -0.181. The molecular weight excluding hydrogens is 569 g/mol. The van der Waals surface area contributed by atoms with Gasteiger partial charge in [0.1, 0.15) is 11.0 Å². The van der Waals surface area contributed by atoms with Crippen molar-refractivity contribution in [3.8, 4) is 0 Å². The van der Waals surface area contributed by atoms with Crippen LogP contribution in [0, 0.1) is 0 Å². The smallest absolute Gasteiger partial charge is 0.253 e. The molecule has 0 saturated carbocycles. The molecule has 3 aliphatic rings. The maximum atomic E-state index is 13.0. The Morgan fingerprint density at radius 2 is 1.50 bits per heavy atom. The number of carbonyl (C=O) groups is 1. The van der Waals surface area contributed by atoms with Crippen LogP contribution in [0.3, 0.4) is 0 Å². The van der Waals surface area contributed by atoms with Gasteiger partial charge in [-0.1, -0.05) is 47.1 Å². The molecule has 0 aliphatic carbocycles. The first kappa shape index (κ1) is 27.6. The van der Waals surface area contributed by atoms with Gasteiger partial charge in [0.15, 0.2) is 10.9 Å². The Hall–Kier alpha value is -2.56. The van der Waals surface area contributed by atoms with Crippen LogP contribution in [-0.4, -0.2) is 79.0 Å². The summed E-state index contributed by atoms with van der Waals surface area (Å²) in [6.45, 7) is 6.00. The van der Waals surface area contributed by atoms with Gasteiger partial charge in [0.25, 0.3) is 5.91 Å². The summed E-state index contributed by atoms with van der Waals surface area (Å²) in [6.07, 6.45) is 1.43. The molecule has 40 heavy (non-hydrogen) atoms. The summed E-state index contributed by atoms with van der Waals surface area (Å²) in [5.41, 5.74) is 2.96. The van der Waals surface area contributed by atoms with Crippen LogP contribution in [0.4, 0.5) is 11.5 Å². The molecule has 6 rings (SSSR count). The largest absolute Gasteiger partial charge is 0.368 e. The predicted molar refractivity (Wildman–Crippen MR) is 159 cm³/mol. The summed E-state index contributed by atoms with van der Waals surface area (Å²) in [6, 6.07) is 17.6. The zero-order valence-electron chi connectivity index (χ0n) is 22.1. The van der Waals surface area contributed by atoms with E-state index in [1.807, 2.05) is 47.4 Å². The normalized spacial score (nSPS) is 18.9. The highest BCUT2D eigenvalue weighted by Gasteiger charge is 2.40.